The Hall–Kier alpha value is -2.36. The van der Waals surface area contributed by atoms with E-state index in [1.807, 2.05) is 0 Å². The highest BCUT2D eigenvalue weighted by molar-refractivity contribution is 6.04. The standard InChI is InChI=1S/C14H8F7NO2/c15-12(16,13(17,18)24-14(19,20)21)11(23)22-10-7-3-5-8-4-1-2-6-9(8)10/h1-7H,(H,22,23). The van der Waals surface area contributed by atoms with Gasteiger partial charge in [0.2, 0.25) is 0 Å². The monoisotopic (exact) mass is 355 g/mol. The largest absolute Gasteiger partial charge is 0.527 e. The van der Waals surface area contributed by atoms with Gasteiger partial charge in [-0.25, -0.2) is 4.74 Å². The Morgan fingerprint density at radius 2 is 1.46 bits per heavy atom. The van der Waals surface area contributed by atoms with Gasteiger partial charge in [0.1, 0.15) is 0 Å². The third-order valence-corrected chi connectivity index (χ3v) is 2.93. The van der Waals surface area contributed by atoms with Gasteiger partial charge >= 0.3 is 24.3 Å². The maximum atomic E-state index is 13.4. The molecule has 0 fully saturated rings. The molecule has 0 radical (unpaired) electrons. The number of alkyl halides is 7. The lowest BCUT2D eigenvalue weighted by Crippen LogP contribution is -2.53. The minimum absolute atomic E-state index is 0.240. The van der Waals surface area contributed by atoms with Crippen molar-refractivity contribution in [1.29, 1.82) is 0 Å². The van der Waals surface area contributed by atoms with E-state index >= 15 is 0 Å². The minimum atomic E-state index is -6.07. The third kappa shape index (κ3) is 3.58. The van der Waals surface area contributed by atoms with Gasteiger partial charge in [-0.15, -0.1) is 13.2 Å². The van der Waals surface area contributed by atoms with Crippen LogP contribution in [0.5, 0.6) is 0 Å². The molecule has 0 atom stereocenters. The number of halogens is 7. The fourth-order valence-corrected chi connectivity index (χ4v) is 1.88. The molecule has 2 aromatic carbocycles. The van der Waals surface area contributed by atoms with E-state index in [0.29, 0.717) is 5.39 Å². The number of ether oxygens (including phenoxy) is 1. The topological polar surface area (TPSA) is 38.3 Å². The molecule has 0 saturated heterocycles. The maximum Gasteiger partial charge on any atom is 0.527 e. The molecule has 0 spiro atoms. The number of fused-ring (bicyclic) bond motifs is 1. The van der Waals surface area contributed by atoms with E-state index in [-0.39, 0.29) is 11.1 Å². The molecule has 1 N–H and O–H groups in total. The van der Waals surface area contributed by atoms with Crippen LogP contribution in [-0.4, -0.2) is 24.3 Å². The number of hydrogen-bond donors (Lipinski definition) is 1. The Labute approximate surface area is 130 Å². The van der Waals surface area contributed by atoms with E-state index in [1.54, 1.807) is 18.2 Å². The van der Waals surface area contributed by atoms with E-state index in [2.05, 4.69) is 4.74 Å². The van der Waals surface area contributed by atoms with Gasteiger partial charge in [-0.2, -0.15) is 17.6 Å². The van der Waals surface area contributed by atoms with Gasteiger partial charge in [-0.1, -0.05) is 36.4 Å². The fraction of sp³-hybridized carbons (Fsp3) is 0.214. The molecule has 2 aromatic rings. The highest BCUT2D eigenvalue weighted by Crippen LogP contribution is 2.40. The summed E-state index contributed by atoms with van der Waals surface area (Å²) in [5, 5.41) is 2.24. The van der Waals surface area contributed by atoms with Crippen LogP contribution in [0.3, 0.4) is 0 Å². The molecule has 0 bridgehead atoms. The second kappa shape index (κ2) is 5.93. The summed E-state index contributed by atoms with van der Waals surface area (Å²) >= 11 is 0. The Bertz CT molecular complexity index is 753. The summed E-state index contributed by atoms with van der Waals surface area (Å²) in [6.45, 7) is 0. The molecule has 0 aliphatic carbocycles. The van der Waals surface area contributed by atoms with E-state index in [1.165, 1.54) is 23.5 Å². The normalized spacial score (nSPS) is 13.1. The Morgan fingerprint density at radius 3 is 2.08 bits per heavy atom. The predicted octanol–water partition coefficient (Wildman–Crippen LogP) is 4.54. The van der Waals surface area contributed by atoms with Crippen molar-refractivity contribution in [3.63, 3.8) is 0 Å². The number of benzene rings is 2. The summed E-state index contributed by atoms with van der Waals surface area (Å²) in [6.07, 6.45) is -12.1. The molecule has 24 heavy (non-hydrogen) atoms. The molecule has 3 nitrogen and oxygen atoms in total. The summed E-state index contributed by atoms with van der Waals surface area (Å²) < 4.78 is 90.4. The fourth-order valence-electron chi connectivity index (χ4n) is 1.88. The van der Waals surface area contributed by atoms with Crippen LogP contribution < -0.4 is 5.32 Å². The third-order valence-electron chi connectivity index (χ3n) is 2.93. The molecule has 1 amide bonds. The van der Waals surface area contributed by atoms with Crippen LogP contribution in [0.2, 0.25) is 0 Å². The number of rotatable bonds is 4. The molecular weight excluding hydrogens is 347 g/mol. The molecule has 0 saturated carbocycles. The van der Waals surface area contributed by atoms with Gasteiger partial charge in [0, 0.05) is 11.1 Å². The van der Waals surface area contributed by atoms with Gasteiger partial charge in [-0.05, 0) is 11.5 Å². The molecule has 0 unspecified atom stereocenters. The van der Waals surface area contributed by atoms with Crippen molar-refractivity contribution < 1.29 is 40.3 Å². The average molecular weight is 355 g/mol. The van der Waals surface area contributed by atoms with Crippen molar-refractivity contribution in [3.8, 4) is 0 Å². The Kier molecular flexibility index (Phi) is 4.44. The van der Waals surface area contributed by atoms with Gasteiger partial charge < -0.3 is 5.32 Å². The lowest BCUT2D eigenvalue weighted by atomic mass is 10.1. The van der Waals surface area contributed by atoms with Gasteiger partial charge in [-0.3, -0.25) is 4.79 Å². The van der Waals surface area contributed by atoms with Crippen molar-refractivity contribution in [2.45, 2.75) is 18.4 Å². The first-order chi connectivity index (χ1) is 10.9. The molecular formula is C14H8F7NO2. The second-order valence-corrected chi connectivity index (χ2v) is 4.62. The summed E-state index contributed by atoms with van der Waals surface area (Å²) in [5.41, 5.74) is -0.263. The van der Waals surface area contributed by atoms with Crippen molar-refractivity contribution in [1.82, 2.24) is 0 Å². The molecule has 2 rings (SSSR count). The Morgan fingerprint density at radius 1 is 0.875 bits per heavy atom. The van der Waals surface area contributed by atoms with E-state index in [4.69, 9.17) is 0 Å². The van der Waals surface area contributed by atoms with Gasteiger partial charge in [0.15, 0.2) is 0 Å². The van der Waals surface area contributed by atoms with Crippen LogP contribution in [0.1, 0.15) is 0 Å². The van der Waals surface area contributed by atoms with Gasteiger partial charge in [0.05, 0.1) is 0 Å². The van der Waals surface area contributed by atoms with E-state index in [9.17, 15) is 35.5 Å². The summed E-state index contributed by atoms with van der Waals surface area (Å²) in [6, 6.07) is 10.1. The van der Waals surface area contributed by atoms with Crippen molar-refractivity contribution in [2.24, 2.45) is 0 Å². The minimum Gasteiger partial charge on any atom is -0.320 e. The zero-order valence-corrected chi connectivity index (χ0v) is 11.5. The van der Waals surface area contributed by atoms with Crippen LogP contribution in [0.4, 0.5) is 36.4 Å². The van der Waals surface area contributed by atoms with Crippen LogP contribution in [0.15, 0.2) is 42.5 Å². The number of amides is 1. The average Bonchev–Trinajstić information content (AvgIpc) is 2.45. The van der Waals surface area contributed by atoms with Gasteiger partial charge in [0.25, 0.3) is 0 Å². The summed E-state index contributed by atoms with van der Waals surface area (Å²) in [7, 11) is 0. The van der Waals surface area contributed by atoms with Crippen molar-refractivity contribution in [3.05, 3.63) is 42.5 Å². The molecule has 10 heteroatoms. The first-order valence-electron chi connectivity index (χ1n) is 6.26. The molecule has 0 heterocycles. The zero-order chi connectivity index (χ0) is 18.2. The Balaban J connectivity index is 2.30. The number of nitrogens with one attached hydrogen (secondary N) is 1. The number of anilines is 1. The quantitative estimate of drug-likeness (QED) is 0.818. The highest BCUT2D eigenvalue weighted by Gasteiger charge is 2.67. The summed E-state index contributed by atoms with van der Waals surface area (Å²) in [5.74, 6) is -8.38. The highest BCUT2D eigenvalue weighted by atomic mass is 19.4. The van der Waals surface area contributed by atoms with Crippen LogP contribution in [-0.2, 0) is 9.53 Å². The predicted molar refractivity (Wildman–Crippen MR) is 69.6 cm³/mol. The van der Waals surface area contributed by atoms with Crippen LogP contribution in [0, 0.1) is 0 Å². The van der Waals surface area contributed by atoms with Crippen molar-refractivity contribution >= 4 is 22.4 Å². The molecule has 0 aliphatic heterocycles. The number of carbonyl (C=O) groups excluding carboxylic acids is 1. The smallest absolute Gasteiger partial charge is 0.320 e. The molecule has 130 valence electrons. The van der Waals surface area contributed by atoms with E-state index < -0.39 is 24.3 Å². The van der Waals surface area contributed by atoms with E-state index in [0.717, 1.165) is 6.07 Å². The maximum absolute atomic E-state index is 13.4. The molecule has 0 aromatic heterocycles. The number of carbonyl (C=O) groups is 1. The number of hydrogen-bond acceptors (Lipinski definition) is 2. The second-order valence-electron chi connectivity index (χ2n) is 4.62. The first-order valence-corrected chi connectivity index (χ1v) is 6.26. The lowest BCUT2D eigenvalue weighted by Gasteiger charge is -2.25. The van der Waals surface area contributed by atoms with Crippen LogP contribution >= 0.6 is 0 Å². The van der Waals surface area contributed by atoms with Crippen LogP contribution in [0.25, 0.3) is 10.8 Å². The lowest BCUT2D eigenvalue weighted by molar-refractivity contribution is -0.457. The first kappa shape index (κ1) is 18.0. The summed E-state index contributed by atoms with van der Waals surface area (Å²) in [4.78, 5) is 11.4. The molecule has 0 aliphatic rings. The zero-order valence-electron chi connectivity index (χ0n) is 11.5. The SMILES string of the molecule is O=C(Nc1cccc2ccccc12)C(F)(F)C(F)(F)OC(F)(F)F. The van der Waals surface area contributed by atoms with Crippen molar-refractivity contribution in [2.75, 3.05) is 5.32 Å².